The fourth-order valence-corrected chi connectivity index (χ4v) is 8.41. The fourth-order valence-electron chi connectivity index (χ4n) is 5.30. The molecule has 4 aromatic rings. The van der Waals surface area contributed by atoms with Crippen LogP contribution in [0.4, 0.5) is 16.2 Å². The van der Waals surface area contributed by atoms with Crippen LogP contribution in [0.3, 0.4) is 0 Å². The summed E-state index contributed by atoms with van der Waals surface area (Å²) < 4.78 is 79.1. The van der Waals surface area contributed by atoms with Gasteiger partial charge in [-0.1, -0.05) is 24.5 Å². The molecule has 3 aliphatic heterocycles. The molecular formula is C20H22ClFN10O10P2S2. The maximum Gasteiger partial charge on any atom is 0.386 e. The number of aromatic nitrogens is 8. The van der Waals surface area contributed by atoms with Gasteiger partial charge in [-0.25, -0.2) is 23.5 Å². The van der Waals surface area contributed by atoms with Crippen molar-refractivity contribution in [3.8, 4) is 0 Å². The van der Waals surface area contributed by atoms with Gasteiger partial charge in [0.1, 0.15) is 36.0 Å². The molecule has 3 fully saturated rings. The summed E-state index contributed by atoms with van der Waals surface area (Å²) in [6.07, 6.45) is -10.2. The van der Waals surface area contributed by atoms with E-state index in [4.69, 9.17) is 50.6 Å². The lowest BCUT2D eigenvalue weighted by Crippen LogP contribution is -2.35. The SMILES string of the molecule is Nc1nc2c(ncn2[C@@H]2O[C@@H]3CO[P@](=O)(S)OC4C(F)[C@H](n5cnc6c(N)nc(Cl)nc65)O[C@@H]4CO[P@@](=O)(S)OC2C3O)c(=O)[nH]1. The lowest BCUT2D eigenvalue weighted by Gasteiger charge is -2.26. The van der Waals surface area contributed by atoms with E-state index in [0.29, 0.717) is 0 Å². The van der Waals surface area contributed by atoms with Gasteiger partial charge in [0, 0.05) is 0 Å². The molecule has 6 N–H and O–H groups in total. The number of anilines is 2. The number of nitrogens with two attached hydrogens (primary N) is 2. The van der Waals surface area contributed by atoms with Crippen molar-refractivity contribution in [3.63, 3.8) is 0 Å². The first-order valence-electron chi connectivity index (χ1n) is 13.0. The summed E-state index contributed by atoms with van der Waals surface area (Å²) >= 11 is 14.0. The molecule has 4 unspecified atom stereocenters. The molecule has 3 saturated heterocycles. The average Bonchev–Trinajstić information content (AvgIpc) is 3.72. The molecule has 3 aliphatic rings. The van der Waals surface area contributed by atoms with Gasteiger partial charge in [-0.05, 0) is 11.6 Å². The van der Waals surface area contributed by atoms with E-state index in [2.05, 4.69) is 54.4 Å². The van der Waals surface area contributed by atoms with E-state index in [-0.39, 0.29) is 39.4 Å². The van der Waals surface area contributed by atoms with Crippen LogP contribution in [0, 0.1) is 0 Å². The van der Waals surface area contributed by atoms with Gasteiger partial charge in [-0.15, -0.1) is 0 Å². The number of H-pyrrole nitrogens is 1. The van der Waals surface area contributed by atoms with Gasteiger partial charge in [0.2, 0.25) is 11.2 Å². The highest BCUT2D eigenvalue weighted by Crippen LogP contribution is 2.60. The summed E-state index contributed by atoms with van der Waals surface area (Å²) in [5.74, 6) is -0.315. The highest BCUT2D eigenvalue weighted by molar-refractivity contribution is 8.44. The van der Waals surface area contributed by atoms with Crippen molar-refractivity contribution in [1.29, 1.82) is 0 Å². The first kappa shape index (κ1) is 32.2. The molecule has 0 amide bonds. The number of nitrogen functional groups attached to an aromatic ring is 2. The summed E-state index contributed by atoms with van der Waals surface area (Å²) in [7, 11) is 0. The van der Waals surface area contributed by atoms with Crippen molar-refractivity contribution < 1.29 is 46.2 Å². The number of nitrogens with zero attached hydrogens (tertiary/aromatic N) is 7. The third-order valence-corrected chi connectivity index (χ3v) is 10.7. The van der Waals surface area contributed by atoms with Crippen molar-refractivity contribution in [3.05, 3.63) is 28.3 Å². The minimum absolute atomic E-state index is 0.0207. The van der Waals surface area contributed by atoms with Gasteiger partial charge in [-0.2, -0.15) is 15.0 Å². The Hall–Kier alpha value is -2.40. The number of halogens is 2. The lowest BCUT2D eigenvalue weighted by molar-refractivity contribution is -0.0568. The average molecular weight is 743 g/mol. The molecule has 0 aromatic carbocycles. The van der Waals surface area contributed by atoms with Crippen LogP contribution in [-0.2, 0) is 36.7 Å². The predicted molar refractivity (Wildman–Crippen MR) is 161 cm³/mol. The molecular weight excluding hydrogens is 721 g/mol. The van der Waals surface area contributed by atoms with E-state index in [1.54, 1.807) is 0 Å². The molecule has 20 nitrogen and oxygen atoms in total. The molecule has 248 valence electrons. The Labute approximate surface area is 270 Å². The van der Waals surface area contributed by atoms with Crippen LogP contribution < -0.4 is 17.0 Å². The molecule has 10 atom stereocenters. The van der Waals surface area contributed by atoms with Gasteiger partial charge in [0.25, 0.3) is 5.56 Å². The van der Waals surface area contributed by atoms with Gasteiger partial charge < -0.3 is 26.0 Å². The number of imidazole rings is 2. The molecule has 4 aromatic heterocycles. The molecule has 46 heavy (non-hydrogen) atoms. The second kappa shape index (κ2) is 11.6. The van der Waals surface area contributed by atoms with Crippen LogP contribution in [0.15, 0.2) is 17.4 Å². The topological polar surface area (TPSA) is 269 Å². The number of aliphatic hydroxyl groups excluding tert-OH is 1. The number of aliphatic hydroxyl groups is 1. The molecule has 2 bridgehead atoms. The third-order valence-electron chi connectivity index (χ3n) is 7.31. The number of fused-ring (bicyclic) bond motifs is 5. The van der Waals surface area contributed by atoms with E-state index in [0.717, 1.165) is 6.33 Å². The van der Waals surface area contributed by atoms with Crippen LogP contribution in [-0.4, -0.2) is 94.0 Å². The van der Waals surface area contributed by atoms with Crippen LogP contribution in [0.25, 0.3) is 22.3 Å². The van der Waals surface area contributed by atoms with E-state index >= 15 is 4.39 Å². The molecule has 0 saturated carbocycles. The minimum atomic E-state index is -4.44. The van der Waals surface area contributed by atoms with Crippen molar-refractivity contribution >= 4 is 83.8 Å². The zero-order valence-corrected chi connectivity index (χ0v) is 27.0. The maximum absolute atomic E-state index is 16.1. The van der Waals surface area contributed by atoms with Crippen LogP contribution in [0.2, 0.25) is 5.28 Å². The molecule has 7 rings (SSSR count). The Kier molecular flexibility index (Phi) is 8.13. The highest BCUT2D eigenvalue weighted by atomic mass is 35.5. The molecule has 0 spiro atoms. The first-order chi connectivity index (χ1) is 21.7. The zero-order valence-electron chi connectivity index (χ0n) is 22.6. The smallest absolute Gasteiger partial charge is 0.386 e. The summed E-state index contributed by atoms with van der Waals surface area (Å²) in [5.41, 5.74) is 10.8. The van der Waals surface area contributed by atoms with Crippen molar-refractivity contribution in [2.24, 2.45) is 0 Å². The normalized spacial score (nSPS) is 37.2. The van der Waals surface area contributed by atoms with Crippen molar-refractivity contribution in [2.75, 3.05) is 24.7 Å². The summed E-state index contributed by atoms with van der Waals surface area (Å²) in [5, 5.41) is 10.9. The Morgan fingerprint density at radius 1 is 0.935 bits per heavy atom. The number of aromatic amines is 1. The van der Waals surface area contributed by atoms with Gasteiger partial charge in [0.05, 0.1) is 25.9 Å². The van der Waals surface area contributed by atoms with Gasteiger partial charge in [0.15, 0.2) is 41.3 Å². The Balaban J connectivity index is 1.21. The van der Waals surface area contributed by atoms with E-state index < -0.39 is 81.5 Å². The number of hydrogen-bond acceptors (Lipinski definition) is 17. The molecule has 26 heteroatoms. The number of hydrogen-bond donors (Lipinski definition) is 6. The van der Waals surface area contributed by atoms with Gasteiger partial charge >= 0.3 is 13.6 Å². The fraction of sp³-hybridized carbons (Fsp3) is 0.500. The number of nitrogens with one attached hydrogen (secondary N) is 1. The van der Waals surface area contributed by atoms with Crippen LogP contribution in [0.5, 0.6) is 0 Å². The molecule has 7 heterocycles. The number of ether oxygens (including phenoxy) is 2. The van der Waals surface area contributed by atoms with Crippen molar-refractivity contribution in [2.45, 2.75) is 49.1 Å². The van der Waals surface area contributed by atoms with Crippen LogP contribution in [0.1, 0.15) is 12.5 Å². The third kappa shape index (κ3) is 5.71. The Morgan fingerprint density at radius 2 is 1.52 bits per heavy atom. The Morgan fingerprint density at radius 3 is 2.24 bits per heavy atom. The van der Waals surface area contributed by atoms with E-state index in [1.807, 2.05) is 0 Å². The molecule has 0 aliphatic carbocycles. The van der Waals surface area contributed by atoms with Crippen molar-refractivity contribution in [1.82, 2.24) is 39.0 Å². The van der Waals surface area contributed by atoms with Crippen LogP contribution >= 0.6 is 49.7 Å². The quantitative estimate of drug-likeness (QED) is 0.0955. The summed E-state index contributed by atoms with van der Waals surface area (Å²) in [4.78, 5) is 34.6. The maximum atomic E-state index is 16.1. The van der Waals surface area contributed by atoms with Gasteiger partial charge in [-0.3, -0.25) is 37.0 Å². The summed E-state index contributed by atoms with van der Waals surface area (Å²) in [6.45, 7) is -10.2. The Bertz CT molecular complexity index is 2010. The first-order valence-corrected chi connectivity index (χ1v) is 18.8. The lowest BCUT2D eigenvalue weighted by atomic mass is 10.1. The standard InChI is InChI=1S/C20H22ClFN10O10P2S2/c21-19-27-13(23)8-14(28-19)31(3-25-8)17-7(22)11-6(40-17)2-38-44(36,46)42-12-10(33)5(1-37-43(35,45)41-11)39-18(12)32-4-26-9-15(32)29-20(24)30-16(9)34/h3-7,10-12,17-18,33H,1-2H2,(H,35,45)(H,36,46)(H2,23,27,28)(H3,24,29,30,34)/t5-,6-,7?,10?,11?,12?,17-,18-,43+,44-/m1/s1. The number of alkyl halides is 1. The number of thiol groups is 2. The predicted octanol–water partition coefficient (Wildman–Crippen LogP) is 1.16. The molecule has 0 radical (unpaired) electrons. The second-order valence-electron chi connectivity index (χ2n) is 10.2. The summed E-state index contributed by atoms with van der Waals surface area (Å²) in [6, 6.07) is 0. The number of rotatable bonds is 2. The monoisotopic (exact) mass is 742 g/mol. The minimum Gasteiger partial charge on any atom is -0.387 e. The zero-order chi connectivity index (χ0) is 32.7. The van der Waals surface area contributed by atoms with E-state index in [9.17, 15) is 19.0 Å². The highest BCUT2D eigenvalue weighted by Gasteiger charge is 2.54. The largest absolute Gasteiger partial charge is 0.387 e. The van der Waals surface area contributed by atoms with E-state index in [1.165, 1.54) is 15.5 Å². The second-order valence-corrected chi connectivity index (χ2v) is 16.3.